The molecule has 23 heavy (non-hydrogen) atoms. The molecule has 0 saturated heterocycles. The zero-order chi connectivity index (χ0) is 17.0. The van der Waals surface area contributed by atoms with Crippen LogP contribution in [0.2, 0.25) is 0 Å². The molecule has 2 N–H and O–H groups in total. The van der Waals surface area contributed by atoms with E-state index in [2.05, 4.69) is 5.32 Å². The first-order valence-electron chi connectivity index (χ1n) is 6.89. The third kappa shape index (κ3) is 4.79. The standard InChI is InChI=1S/C16H16FNO4S/c1-9-3-5-12(23-9)8-15(19)18-11-4-6-14(13(17)7-11)22-10(2)16(20)21/h3-7,10H,8H2,1-2H3,(H,18,19)(H,20,21). The highest BCUT2D eigenvalue weighted by Crippen LogP contribution is 2.23. The van der Waals surface area contributed by atoms with E-state index in [0.29, 0.717) is 0 Å². The van der Waals surface area contributed by atoms with Crippen LogP contribution in [-0.4, -0.2) is 23.1 Å². The highest BCUT2D eigenvalue weighted by atomic mass is 32.1. The summed E-state index contributed by atoms with van der Waals surface area (Å²) in [7, 11) is 0. The number of benzene rings is 1. The second kappa shape index (κ2) is 7.23. The van der Waals surface area contributed by atoms with Crippen molar-refractivity contribution in [3.63, 3.8) is 0 Å². The van der Waals surface area contributed by atoms with Crippen LogP contribution in [0.25, 0.3) is 0 Å². The lowest BCUT2D eigenvalue weighted by atomic mass is 10.2. The molecule has 0 fully saturated rings. The number of aliphatic carboxylic acids is 1. The quantitative estimate of drug-likeness (QED) is 0.848. The molecule has 5 nitrogen and oxygen atoms in total. The fraction of sp³-hybridized carbons (Fsp3) is 0.250. The van der Waals surface area contributed by atoms with Crippen molar-refractivity contribution in [3.05, 3.63) is 45.9 Å². The molecule has 2 aromatic rings. The van der Waals surface area contributed by atoms with Gasteiger partial charge in [0.15, 0.2) is 17.7 Å². The fourth-order valence-electron chi connectivity index (χ4n) is 1.86. The summed E-state index contributed by atoms with van der Waals surface area (Å²) < 4.78 is 18.9. The third-order valence-corrected chi connectivity index (χ3v) is 4.00. The van der Waals surface area contributed by atoms with Gasteiger partial charge in [0.1, 0.15) is 0 Å². The maximum atomic E-state index is 13.9. The molecule has 0 aliphatic heterocycles. The second-order valence-electron chi connectivity index (χ2n) is 4.98. The molecule has 7 heteroatoms. The Kier molecular flexibility index (Phi) is 5.33. The number of aryl methyl sites for hydroxylation is 1. The van der Waals surface area contributed by atoms with Crippen LogP contribution in [0.4, 0.5) is 10.1 Å². The first kappa shape index (κ1) is 17.0. The number of hydrogen-bond donors (Lipinski definition) is 2. The SMILES string of the molecule is Cc1ccc(CC(=O)Nc2ccc(OC(C)C(=O)O)c(F)c2)s1. The van der Waals surface area contributed by atoms with Crippen molar-refractivity contribution in [1.82, 2.24) is 0 Å². The molecule has 1 atom stereocenters. The highest BCUT2D eigenvalue weighted by molar-refractivity contribution is 7.12. The Bertz CT molecular complexity index is 729. The average molecular weight is 337 g/mol. The van der Waals surface area contributed by atoms with Crippen molar-refractivity contribution in [2.24, 2.45) is 0 Å². The van der Waals surface area contributed by atoms with Gasteiger partial charge in [0.05, 0.1) is 6.42 Å². The van der Waals surface area contributed by atoms with E-state index in [-0.39, 0.29) is 23.8 Å². The molecule has 0 bridgehead atoms. The summed E-state index contributed by atoms with van der Waals surface area (Å²) in [6.45, 7) is 3.26. The molecule has 0 aliphatic rings. The molecule has 0 saturated carbocycles. The Morgan fingerprint density at radius 1 is 1.35 bits per heavy atom. The zero-order valence-electron chi connectivity index (χ0n) is 12.6. The Labute approximate surface area is 136 Å². The number of carbonyl (C=O) groups excluding carboxylic acids is 1. The van der Waals surface area contributed by atoms with Gasteiger partial charge < -0.3 is 15.2 Å². The molecule has 1 amide bonds. The normalized spacial score (nSPS) is 11.8. The van der Waals surface area contributed by atoms with Gasteiger partial charge in [0.25, 0.3) is 0 Å². The van der Waals surface area contributed by atoms with E-state index in [4.69, 9.17) is 9.84 Å². The summed E-state index contributed by atoms with van der Waals surface area (Å²) in [6.07, 6.45) is -0.943. The maximum Gasteiger partial charge on any atom is 0.344 e. The number of ether oxygens (including phenoxy) is 1. The molecule has 122 valence electrons. The number of rotatable bonds is 6. The number of halogens is 1. The Balaban J connectivity index is 1.99. The van der Waals surface area contributed by atoms with Crippen LogP contribution in [0, 0.1) is 12.7 Å². The highest BCUT2D eigenvalue weighted by Gasteiger charge is 2.15. The van der Waals surface area contributed by atoms with Crippen LogP contribution in [-0.2, 0) is 16.0 Å². The molecule has 1 unspecified atom stereocenters. The summed E-state index contributed by atoms with van der Waals surface area (Å²) >= 11 is 1.53. The molecule has 1 aromatic heterocycles. The van der Waals surface area contributed by atoms with Gasteiger partial charge in [-0.05, 0) is 38.1 Å². The Morgan fingerprint density at radius 2 is 2.09 bits per heavy atom. The monoisotopic (exact) mass is 337 g/mol. The van der Waals surface area contributed by atoms with E-state index < -0.39 is 17.9 Å². The number of anilines is 1. The summed E-state index contributed by atoms with van der Waals surface area (Å²) in [4.78, 5) is 24.7. The van der Waals surface area contributed by atoms with Gasteiger partial charge in [-0.2, -0.15) is 0 Å². The number of carboxylic acids is 1. The van der Waals surface area contributed by atoms with Crippen LogP contribution >= 0.6 is 11.3 Å². The number of amides is 1. The lowest BCUT2D eigenvalue weighted by Crippen LogP contribution is -2.23. The maximum absolute atomic E-state index is 13.9. The minimum atomic E-state index is -1.19. The van der Waals surface area contributed by atoms with Crippen LogP contribution in [0.1, 0.15) is 16.7 Å². The summed E-state index contributed by atoms with van der Waals surface area (Å²) in [5, 5.41) is 11.3. The topological polar surface area (TPSA) is 75.6 Å². The van der Waals surface area contributed by atoms with E-state index in [1.54, 1.807) is 0 Å². The predicted octanol–water partition coefficient (Wildman–Crippen LogP) is 3.23. The van der Waals surface area contributed by atoms with E-state index >= 15 is 0 Å². The largest absolute Gasteiger partial charge is 0.479 e. The Hall–Kier alpha value is -2.41. The molecule has 0 radical (unpaired) electrons. The molecular formula is C16H16FNO4S. The predicted molar refractivity (Wildman–Crippen MR) is 85.5 cm³/mol. The number of carboxylic acid groups (broad SMARTS) is 1. The molecule has 0 aliphatic carbocycles. The van der Waals surface area contributed by atoms with Gasteiger partial charge >= 0.3 is 5.97 Å². The van der Waals surface area contributed by atoms with Gasteiger partial charge in [-0.25, -0.2) is 9.18 Å². The second-order valence-corrected chi connectivity index (χ2v) is 6.35. The third-order valence-electron chi connectivity index (χ3n) is 3.00. The van der Waals surface area contributed by atoms with Gasteiger partial charge in [-0.15, -0.1) is 11.3 Å². The minimum Gasteiger partial charge on any atom is -0.479 e. The smallest absolute Gasteiger partial charge is 0.344 e. The van der Waals surface area contributed by atoms with E-state index in [9.17, 15) is 14.0 Å². The van der Waals surface area contributed by atoms with Crippen molar-refractivity contribution in [2.75, 3.05) is 5.32 Å². The minimum absolute atomic E-state index is 0.174. The van der Waals surface area contributed by atoms with E-state index in [1.165, 1.54) is 30.4 Å². The summed E-state index contributed by atoms with van der Waals surface area (Å²) in [5.74, 6) is -2.35. The number of carbonyl (C=O) groups is 2. The molecule has 2 rings (SSSR count). The first-order chi connectivity index (χ1) is 10.8. The number of thiophene rings is 1. The van der Waals surface area contributed by atoms with Crippen LogP contribution < -0.4 is 10.1 Å². The van der Waals surface area contributed by atoms with Crippen LogP contribution in [0.3, 0.4) is 0 Å². The molecule has 0 spiro atoms. The van der Waals surface area contributed by atoms with Crippen molar-refractivity contribution < 1.29 is 23.8 Å². The molecule has 1 heterocycles. The van der Waals surface area contributed by atoms with E-state index in [0.717, 1.165) is 15.8 Å². The zero-order valence-corrected chi connectivity index (χ0v) is 13.4. The first-order valence-corrected chi connectivity index (χ1v) is 7.71. The van der Waals surface area contributed by atoms with Crippen molar-refractivity contribution in [3.8, 4) is 5.75 Å². The molecule has 1 aromatic carbocycles. The number of hydrogen-bond acceptors (Lipinski definition) is 4. The van der Waals surface area contributed by atoms with Gasteiger partial charge in [-0.3, -0.25) is 4.79 Å². The fourth-order valence-corrected chi connectivity index (χ4v) is 2.75. The average Bonchev–Trinajstić information content (AvgIpc) is 2.86. The summed E-state index contributed by atoms with van der Waals surface area (Å²) in [5.41, 5.74) is 0.288. The van der Waals surface area contributed by atoms with Crippen LogP contribution in [0.15, 0.2) is 30.3 Å². The van der Waals surface area contributed by atoms with Gasteiger partial charge in [0.2, 0.25) is 5.91 Å². The van der Waals surface area contributed by atoms with E-state index in [1.807, 2.05) is 19.1 Å². The molecular weight excluding hydrogens is 321 g/mol. The Morgan fingerprint density at radius 3 is 2.65 bits per heavy atom. The lowest BCUT2D eigenvalue weighted by Gasteiger charge is -2.12. The lowest BCUT2D eigenvalue weighted by molar-refractivity contribution is -0.144. The number of nitrogens with one attached hydrogen (secondary N) is 1. The van der Waals surface area contributed by atoms with Gasteiger partial charge in [0, 0.05) is 21.5 Å². The van der Waals surface area contributed by atoms with Crippen molar-refractivity contribution in [1.29, 1.82) is 0 Å². The van der Waals surface area contributed by atoms with Gasteiger partial charge in [-0.1, -0.05) is 0 Å². The van der Waals surface area contributed by atoms with Crippen molar-refractivity contribution in [2.45, 2.75) is 26.4 Å². The summed E-state index contributed by atoms with van der Waals surface area (Å²) in [6, 6.07) is 7.67. The van der Waals surface area contributed by atoms with Crippen LogP contribution in [0.5, 0.6) is 5.75 Å². The van der Waals surface area contributed by atoms with Crippen molar-refractivity contribution >= 4 is 28.9 Å².